The molecular formula is C13H17N5O. The van der Waals surface area contributed by atoms with Crippen molar-refractivity contribution < 1.29 is 4.79 Å². The first-order valence-corrected chi connectivity index (χ1v) is 6.36. The first kappa shape index (κ1) is 12.0. The number of rotatable bonds is 1. The van der Waals surface area contributed by atoms with E-state index < -0.39 is 0 Å². The lowest BCUT2D eigenvalue weighted by Crippen LogP contribution is -2.47. The molecule has 6 nitrogen and oxygen atoms in total. The zero-order valence-corrected chi connectivity index (χ0v) is 11.1. The average Bonchev–Trinajstić information content (AvgIpc) is 2.72. The number of nitrogens with zero attached hydrogens (tertiary/aromatic N) is 4. The maximum Gasteiger partial charge on any atom is 0.231 e. The molecule has 100 valence electrons. The van der Waals surface area contributed by atoms with E-state index in [2.05, 4.69) is 14.9 Å². The van der Waals surface area contributed by atoms with Gasteiger partial charge in [-0.15, -0.1) is 0 Å². The highest BCUT2D eigenvalue weighted by Gasteiger charge is 2.41. The Bertz CT molecular complexity index is 556. The van der Waals surface area contributed by atoms with E-state index >= 15 is 0 Å². The number of hydrogen-bond acceptors (Lipinski definition) is 5. The number of anilines is 1. The van der Waals surface area contributed by atoms with Crippen molar-refractivity contribution in [2.24, 2.45) is 5.92 Å². The van der Waals surface area contributed by atoms with Gasteiger partial charge in [-0.3, -0.25) is 4.79 Å². The molecule has 1 fully saturated rings. The Kier molecular flexibility index (Phi) is 2.66. The molecule has 2 atom stereocenters. The number of nitrogen functional groups attached to an aromatic ring is 1. The van der Waals surface area contributed by atoms with Crippen LogP contribution in [0.2, 0.25) is 0 Å². The number of carbonyl (C=O) groups excluding carboxylic acids is 1. The summed E-state index contributed by atoms with van der Waals surface area (Å²) in [6.45, 7) is 0.803. The molecule has 6 heteroatoms. The first-order chi connectivity index (χ1) is 9.08. The monoisotopic (exact) mass is 259 g/mol. The summed E-state index contributed by atoms with van der Waals surface area (Å²) in [4.78, 5) is 24.3. The fourth-order valence-corrected chi connectivity index (χ4v) is 2.90. The minimum atomic E-state index is -0.0741. The van der Waals surface area contributed by atoms with Gasteiger partial charge in [-0.2, -0.15) is 0 Å². The molecule has 0 aromatic carbocycles. The summed E-state index contributed by atoms with van der Waals surface area (Å²) in [5.74, 6) is 0.361. The van der Waals surface area contributed by atoms with Crippen LogP contribution in [-0.2, 0) is 4.79 Å². The number of aromatic nitrogens is 2. The minimum absolute atomic E-state index is 0.0741. The molecule has 2 aliphatic heterocycles. The van der Waals surface area contributed by atoms with Crippen LogP contribution in [0.5, 0.6) is 0 Å². The van der Waals surface area contributed by atoms with Gasteiger partial charge in [0.05, 0.1) is 17.3 Å². The van der Waals surface area contributed by atoms with Crippen molar-refractivity contribution in [3.05, 3.63) is 24.0 Å². The van der Waals surface area contributed by atoms with Crippen molar-refractivity contribution in [2.45, 2.75) is 12.5 Å². The van der Waals surface area contributed by atoms with Crippen LogP contribution in [-0.4, -0.2) is 52.4 Å². The Labute approximate surface area is 111 Å². The van der Waals surface area contributed by atoms with Crippen LogP contribution in [0.4, 0.5) is 5.95 Å². The van der Waals surface area contributed by atoms with E-state index in [1.54, 1.807) is 11.1 Å². The van der Waals surface area contributed by atoms with Crippen molar-refractivity contribution in [2.75, 3.05) is 26.4 Å². The van der Waals surface area contributed by atoms with E-state index in [-0.39, 0.29) is 23.8 Å². The van der Waals surface area contributed by atoms with Crippen molar-refractivity contribution in [1.29, 1.82) is 0 Å². The van der Waals surface area contributed by atoms with Crippen LogP contribution in [0.3, 0.4) is 0 Å². The molecule has 1 saturated heterocycles. The number of hydrogen-bond donors (Lipinski definition) is 1. The fraction of sp³-hybridized carbons (Fsp3) is 0.462. The Morgan fingerprint density at radius 2 is 2.21 bits per heavy atom. The van der Waals surface area contributed by atoms with E-state index in [1.807, 2.05) is 26.2 Å². The largest absolute Gasteiger partial charge is 0.369 e. The predicted octanol–water partition coefficient (Wildman–Crippen LogP) is 0.192. The van der Waals surface area contributed by atoms with Crippen molar-refractivity contribution >= 4 is 17.6 Å². The molecular weight excluding hydrogens is 242 g/mol. The maximum absolute atomic E-state index is 12.2. The lowest BCUT2D eigenvalue weighted by atomic mass is 9.93. The van der Waals surface area contributed by atoms with Gasteiger partial charge < -0.3 is 15.5 Å². The Morgan fingerprint density at radius 1 is 1.42 bits per heavy atom. The standard InChI is InChI=1S/C13H17N5O/c1-17-6-4-10-8(12(17)19)7-11(18(10)2)9-3-5-15-13(14)16-9/h3,5,7-8,10H,4,6H2,1-2H3,(H2,14,15,16). The third-order valence-corrected chi connectivity index (χ3v) is 3.99. The highest BCUT2D eigenvalue weighted by Crippen LogP contribution is 2.36. The van der Waals surface area contributed by atoms with Gasteiger partial charge in [0.2, 0.25) is 11.9 Å². The zero-order valence-electron chi connectivity index (χ0n) is 11.1. The predicted molar refractivity (Wildman–Crippen MR) is 71.7 cm³/mol. The van der Waals surface area contributed by atoms with Gasteiger partial charge in [-0.25, -0.2) is 9.97 Å². The zero-order chi connectivity index (χ0) is 13.6. The highest BCUT2D eigenvalue weighted by molar-refractivity contribution is 5.86. The summed E-state index contributed by atoms with van der Waals surface area (Å²) in [5, 5.41) is 0. The number of fused-ring (bicyclic) bond motifs is 1. The lowest BCUT2D eigenvalue weighted by Gasteiger charge is -2.35. The van der Waals surface area contributed by atoms with Gasteiger partial charge in [0.25, 0.3) is 0 Å². The van der Waals surface area contributed by atoms with Gasteiger partial charge >= 0.3 is 0 Å². The van der Waals surface area contributed by atoms with Gasteiger partial charge in [-0.05, 0) is 18.6 Å². The van der Waals surface area contributed by atoms with E-state index in [4.69, 9.17) is 5.73 Å². The summed E-state index contributed by atoms with van der Waals surface area (Å²) < 4.78 is 0. The molecule has 0 saturated carbocycles. The molecule has 2 N–H and O–H groups in total. The van der Waals surface area contributed by atoms with Crippen molar-refractivity contribution in [1.82, 2.24) is 19.8 Å². The second-order valence-corrected chi connectivity index (χ2v) is 5.10. The van der Waals surface area contributed by atoms with Crippen LogP contribution in [0.1, 0.15) is 12.1 Å². The molecule has 1 amide bonds. The first-order valence-electron chi connectivity index (χ1n) is 6.36. The van der Waals surface area contributed by atoms with E-state index in [0.29, 0.717) is 0 Å². The Morgan fingerprint density at radius 3 is 2.95 bits per heavy atom. The van der Waals surface area contributed by atoms with E-state index in [0.717, 1.165) is 24.4 Å². The lowest BCUT2D eigenvalue weighted by molar-refractivity contribution is -0.136. The number of amides is 1. The van der Waals surface area contributed by atoms with Crippen LogP contribution in [0.15, 0.2) is 18.3 Å². The summed E-state index contributed by atoms with van der Waals surface area (Å²) in [7, 11) is 3.86. The quantitative estimate of drug-likeness (QED) is 0.779. The number of likely N-dealkylation sites (tertiary alicyclic amines) is 1. The van der Waals surface area contributed by atoms with Gasteiger partial charge in [-0.1, -0.05) is 0 Å². The second kappa shape index (κ2) is 4.22. The van der Waals surface area contributed by atoms with Crippen molar-refractivity contribution in [3.8, 4) is 0 Å². The average molecular weight is 259 g/mol. The van der Waals surface area contributed by atoms with E-state index in [9.17, 15) is 4.79 Å². The van der Waals surface area contributed by atoms with Crippen LogP contribution in [0.25, 0.3) is 5.70 Å². The van der Waals surface area contributed by atoms with E-state index in [1.165, 1.54) is 0 Å². The maximum atomic E-state index is 12.2. The molecule has 2 unspecified atom stereocenters. The summed E-state index contributed by atoms with van der Waals surface area (Å²) in [6, 6.07) is 2.06. The van der Waals surface area contributed by atoms with Crippen LogP contribution >= 0.6 is 0 Å². The Hall–Kier alpha value is -2.11. The Balaban J connectivity index is 1.97. The highest BCUT2D eigenvalue weighted by atomic mass is 16.2. The normalized spacial score (nSPS) is 26.4. The molecule has 1 aromatic rings. The molecule has 3 rings (SSSR count). The topological polar surface area (TPSA) is 75.4 Å². The van der Waals surface area contributed by atoms with Gasteiger partial charge in [0.1, 0.15) is 0 Å². The third-order valence-electron chi connectivity index (χ3n) is 3.99. The van der Waals surface area contributed by atoms with Gasteiger partial charge in [0, 0.05) is 32.9 Å². The summed E-state index contributed by atoms with van der Waals surface area (Å²) in [5.41, 5.74) is 7.37. The molecule has 19 heavy (non-hydrogen) atoms. The minimum Gasteiger partial charge on any atom is -0.369 e. The fourth-order valence-electron chi connectivity index (χ4n) is 2.90. The molecule has 0 spiro atoms. The summed E-state index contributed by atoms with van der Waals surface area (Å²) in [6.07, 6.45) is 4.62. The number of piperidine rings is 1. The smallest absolute Gasteiger partial charge is 0.231 e. The van der Waals surface area contributed by atoms with Crippen LogP contribution in [0, 0.1) is 5.92 Å². The molecule has 0 aliphatic carbocycles. The SMILES string of the molecule is CN1CCC2C(C=C(c3ccnc(N)n3)N2C)C1=O. The van der Waals surface area contributed by atoms with Crippen LogP contribution < -0.4 is 5.73 Å². The third kappa shape index (κ3) is 1.83. The molecule has 0 radical (unpaired) electrons. The molecule has 3 heterocycles. The molecule has 1 aromatic heterocycles. The molecule has 2 aliphatic rings. The number of nitrogens with two attached hydrogens (primary N) is 1. The number of carbonyl (C=O) groups is 1. The van der Waals surface area contributed by atoms with Gasteiger partial charge in [0.15, 0.2) is 0 Å². The summed E-state index contributed by atoms with van der Waals surface area (Å²) >= 11 is 0. The molecule has 0 bridgehead atoms. The second-order valence-electron chi connectivity index (χ2n) is 5.10. The van der Waals surface area contributed by atoms with Crippen molar-refractivity contribution in [3.63, 3.8) is 0 Å².